The molecule has 1 aromatic heterocycles. The van der Waals surface area contributed by atoms with Gasteiger partial charge >= 0.3 is 0 Å². The van der Waals surface area contributed by atoms with E-state index >= 15 is 0 Å². The molecular formula is C15H21N3O2S. The van der Waals surface area contributed by atoms with Gasteiger partial charge in [0, 0.05) is 18.9 Å². The highest BCUT2D eigenvalue weighted by Gasteiger charge is 2.22. The van der Waals surface area contributed by atoms with Gasteiger partial charge in [-0.05, 0) is 31.9 Å². The Hall–Kier alpha value is -1.66. The molecular weight excluding hydrogens is 286 g/mol. The molecule has 0 unspecified atom stereocenters. The van der Waals surface area contributed by atoms with E-state index in [1.54, 1.807) is 25.3 Å². The van der Waals surface area contributed by atoms with E-state index in [4.69, 9.17) is 0 Å². The summed E-state index contributed by atoms with van der Waals surface area (Å²) in [5.41, 5.74) is 0.816. The normalized spacial score (nSPS) is 13.3. The third kappa shape index (κ3) is 3.33. The Bertz CT molecular complexity index is 707. The van der Waals surface area contributed by atoms with Crippen LogP contribution in [0.2, 0.25) is 0 Å². The first-order valence-electron chi connectivity index (χ1n) is 7.10. The van der Waals surface area contributed by atoms with E-state index < -0.39 is 10.0 Å². The molecule has 0 spiro atoms. The van der Waals surface area contributed by atoms with Gasteiger partial charge < -0.3 is 4.57 Å². The fourth-order valence-corrected chi connectivity index (χ4v) is 3.89. The van der Waals surface area contributed by atoms with Gasteiger partial charge in [-0.3, -0.25) is 0 Å². The second-order valence-corrected chi connectivity index (χ2v) is 6.56. The zero-order valence-electron chi connectivity index (χ0n) is 12.6. The van der Waals surface area contributed by atoms with Gasteiger partial charge in [0.15, 0.2) is 0 Å². The van der Waals surface area contributed by atoms with Gasteiger partial charge in [-0.2, -0.15) is 0 Å². The van der Waals surface area contributed by atoms with Gasteiger partial charge in [0.1, 0.15) is 5.82 Å². The Balaban J connectivity index is 2.29. The summed E-state index contributed by atoms with van der Waals surface area (Å²) in [5.74, 6) is 0.718. The van der Waals surface area contributed by atoms with Gasteiger partial charge in [-0.15, -0.1) is 0 Å². The molecule has 2 rings (SSSR count). The molecule has 1 heterocycles. The minimum atomic E-state index is -3.56. The number of aryl methyl sites for hydroxylation is 2. The lowest BCUT2D eigenvalue weighted by molar-refractivity contribution is 0.546. The number of sulfonamides is 1. The van der Waals surface area contributed by atoms with Crippen molar-refractivity contribution >= 4 is 10.0 Å². The van der Waals surface area contributed by atoms with Crippen molar-refractivity contribution < 1.29 is 8.42 Å². The van der Waals surface area contributed by atoms with Crippen LogP contribution in [-0.2, 0) is 23.0 Å². The molecule has 0 saturated carbocycles. The minimum absolute atomic E-state index is 0.342. The second-order valence-electron chi connectivity index (χ2n) is 4.88. The van der Waals surface area contributed by atoms with Crippen LogP contribution in [0.1, 0.15) is 38.2 Å². The van der Waals surface area contributed by atoms with Crippen molar-refractivity contribution in [3.8, 4) is 0 Å². The Morgan fingerprint density at radius 1 is 1.29 bits per heavy atom. The number of benzene rings is 1. The summed E-state index contributed by atoms with van der Waals surface area (Å²) in [6.45, 7) is 6.51. The van der Waals surface area contributed by atoms with Gasteiger partial charge in [-0.25, -0.2) is 18.1 Å². The predicted octanol–water partition coefficient (Wildman–Crippen LogP) is 2.50. The summed E-state index contributed by atoms with van der Waals surface area (Å²) in [6, 6.07) is 6.69. The lowest BCUT2D eigenvalue weighted by Gasteiger charge is -2.16. The number of hydrogen-bond acceptors (Lipinski definition) is 3. The smallest absolute Gasteiger partial charge is 0.241 e. The number of nitrogens with zero attached hydrogens (tertiary/aromatic N) is 2. The summed E-state index contributed by atoms with van der Waals surface area (Å²) in [5, 5.41) is 0. The van der Waals surface area contributed by atoms with E-state index in [-0.39, 0.29) is 6.04 Å². The average molecular weight is 307 g/mol. The van der Waals surface area contributed by atoms with E-state index in [1.165, 1.54) is 0 Å². The molecule has 6 heteroatoms. The molecule has 0 radical (unpaired) electrons. The molecule has 1 N–H and O–H groups in total. The van der Waals surface area contributed by atoms with Gasteiger partial charge in [0.05, 0.1) is 10.9 Å². The van der Waals surface area contributed by atoms with Crippen LogP contribution >= 0.6 is 0 Å². The van der Waals surface area contributed by atoms with Crippen LogP contribution in [0.4, 0.5) is 0 Å². The highest BCUT2D eigenvalue weighted by molar-refractivity contribution is 7.89. The minimum Gasteiger partial charge on any atom is -0.334 e. The van der Waals surface area contributed by atoms with Crippen molar-refractivity contribution in [2.45, 2.75) is 44.7 Å². The van der Waals surface area contributed by atoms with E-state index in [0.29, 0.717) is 11.3 Å². The molecule has 21 heavy (non-hydrogen) atoms. The van der Waals surface area contributed by atoms with E-state index in [2.05, 4.69) is 9.71 Å². The monoisotopic (exact) mass is 307 g/mol. The third-order valence-electron chi connectivity index (χ3n) is 3.45. The van der Waals surface area contributed by atoms with Crippen molar-refractivity contribution in [1.29, 1.82) is 0 Å². The lowest BCUT2D eigenvalue weighted by atomic mass is 10.2. The Morgan fingerprint density at radius 3 is 2.67 bits per heavy atom. The summed E-state index contributed by atoms with van der Waals surface area (Å²) < 4.78 is 29.8. The molecule has 0 fully saturated rings. The molecule has 1 atom stereocenters. The molecule has 114 valence electrons. The Labute approximate surface area is 126 Å². The third-order valence-corrected chi connectivity index (χ3v) is 5.09. The predicted molar refractivity (Wildman–Crippen MR) is 82.5 cm³/mol. The number of imidazole rings is 1. The van der Waals surface area contributed by atoms with E-state index in [0.717, 1.165) is 17.9 Å². The second kappa shape index (κ2) is 6.41. The Morgan fingerprint density at radius 2 is 2.00 bits per heavy atom. The van der Waals surface area contributed by atoms with E-state index in [9.17, 15) is 8.42 Å². The summed E-state index contributed by atoms with van der Waals surface area (Å²) in [4.78, 5) is 4.59. The molecule has 0 aliphatic carbocycles. The zero-order valence-corrected chi connectivity index (χ0v) is 13.4. The summed E-state index contributed by atoms with van der Waals surface area (Å²) in [7, 11) is -3.56. The van der Waals surface area contributed by atoms with Crippen molar-refractivity contribution in [2.24, 2.45) is 0 Å². The van der Waals surface area contributed by atoms with Crippen molar-refractivity contribution in [3.05, 3.63) is 48.0 Å². The van der Waals surface area contributed by atoms with Crippen LogP contribution in [0.5, 0.6) is 0 Å². The molecule has 0 aliphatic rings. The number of rotatable bonds is 6. The standard InChI is InChI=1S/C15H21N3O2S/c1-4-13-8-6-7-9-14(13)21(19,20)17-12(3)15-16-10-11-18(15)5-2/h6-12,17H,4-5H2,1-3H3/t12-/m1/s1. The van der Waals surface area contributed by atoms with E-state index in [1.807, 2.05) is 36.7 Å². The fraction of sp³-hybridized carbons (Fsp3) is 0.400. The van der Waals surface area contributed by atoms with Gasteiger partial charge in [0.25, 0.3) is 0 Å². The largest absolute Gasteiger partial charge is 0.334 e. The molecule has 0 bridgehead atoms. The van der Waals surface area contributed by atoms with Crippen molar-refractivity contribution in [1.82, 2.24) is 14.3 Å². The zero-order chi connectivity index (χ0) is 15.5. The van der Waals surface area contributed by atoms with Crippen molar-refractivity contribution in [3.63, 3.8) is 0 Å². The maximum Gasteiger partial charge on any atom is 0.241 e. The van der Waals surface area contributed by atoms with Gasteiger partial charge in [0.2, 0.25) is 10.0 Å². The van der Waals surface area contributed by atoms with Crippen LogP contribution in [0.25, 0.3) is 0 Å². The fourth-order valence-electron chi connectivity index (χ4n) is 2.38. The molecule has 0 aliphatic heterocycles. The average Bonchev–Trinajstić information content (AvgIpc) is 2.95. The SMILES string of the molecule is CCc1ccccc1S(=O)(=O)N[C@H](C)c1nccn1CC. The van der Waals surface area contributed by atoms with Gasteiger partial charge in [-0.1, -0.05) is 25.1 Å². The topological polar surface area (TPSA) is 64.0 Å². The number of aromatic nitrogens is 2. The van der Waals surface area contributed by atoms with Crippen LogP contribution < -0.4 is 4.72 Å². The molecule has 0 amide bonds. The number of nitrogens with one attached hydrogen (secondary N) is 1. The van der Waals surface area contributed by atoms with Crippen LogP contribution in [0.15, 0.2) is 41.6 Å². The molecule has 1 aromatic carbocycles. The highest BCUT2D eigenvalue weighted by Crippen LogP contribution is 2.19. The Kier molecular flexibility index (Phi) is 4.80. The quantitative estimate of drug-likeness (QED) is 0.892. The molecule has 0 saturated heterocycles. The maximum atomic E-state index is 12.6. The summed E-state index contributed by atoms with van der Waals surface area (Å²) >= 11 is 0. The maximum absolute atomic E-state index is 12.6. The molecule has 5 nitrogen and oxygen atoms in total. The van der Waals surface area contributed by atoms with Crippen molar-refractivity contribution in [2.75, 3.05) is 0 Å². The van der Waals surface area contributed by atoms with Crippen LogP contribution in [0.3, 0.4) is 0 Å². The highest BCUT2D eigenvalue weighted by atomic mass is 32.2. The molecule has 2 aromatic rings. The number of hydrogen-bond donors (Lipinski definition) is 1. The van der Waals surface area contributed by atoms with Crippen LogP contribution in [-0.4, -0.2) is 18.0 Å². The first-order valence-corrected chi connectivity index (χ1v) is 8.59. The lowest BCUT2D eigenvalue weighted by Crippen LogP contribution is -2.29. The van der Waals surface area contributed by atoms with Crippen LogP contribution in [0, 0.1) is 0 Å². The summed E-state index contributed by atoms with van der Waals surface area (Å²) in [6.07, 6.45) is 4.21. The first-order chi connectivity index (χ1) is 9.99. The first kappa shape index (κ1) is 15.7.